The highest BCUT2D eigenvalue weighted by Crippen LogP contribution is 2.01. The van der Waals surface area contributed by atoms with E-state index in [2.05, 4.69) is 59.2 Å². The van der Waals surface area contributed by atoms with Crippen LogP contribution in [0.25, 0.3) is 0 Å². The Kier molecular flexibility index (Phi) is 6.35. The molecule has 0 spiro atoms. The van der Waals surface area contributed by atoms with Gasteiger partial charge in [-0.2, -0.15) is 0 Å². The van der Waals surface area contributed by atoms with Gasteiger partial charge in [0.15, 0.2) is 7.28 Å². The van der Waals surface area contributed by atoms with Gasteiger partial charge >= 0.3 is 0 Å². The molecule has 0 bridgehead atoms. The van der Waals surface area contributed by atoms with Gasteiger partial charge in [0, 0.05) is 12.6 Å². The summed E-state index contributed by atoms with van der Waals surface area (Å²) in [4.78, 5) is 0. The second kappa shape index (κ2) is 7.55. The second-order valence-electron chi connectivity index (χ2n) is 5.09. The largest absolute Gasteiger partial charge is 0.387 e. The summed E-state index contributed by atoms with van der Waals surface area (Å²) in [5.41, 5.74) is 2.67. The van der Waals surface area contributed by atoms with Crippen molar-refractivity contribution in [1.29, 1.82) is 0 Å². The van der Waals surface area contributed by atoms with Crippen LogP contribution in [0.15, 0.2) is 24.3 Å². The summed E-state index contributed by atoms with van der Waals surface area (Å²) < 4.78 is 5.73. The molecule has 1 aromatic carbocycles. The molecule has 0 aromatic heterocycles. The molecule has 0 N–H and O–H groups in total. The van der Waals surface area contributed by atoms with Gasteiger partial charge < -0.3 is 4.74 Å². The molecule has 0 heterocycles. The van der Waals surface area contributed by atoms with Crippen molar-refractivity contribution in [2.45, 2.75) is 46.5 Å². The summed E-state index contributed by atoms with van der Waals surface area (Å²) in [7, 11) is 2.18. The van der Waals surface area contributed by atoms with E-state index in [9.17, 15) is 0 Å². The molecule has 0 amide bonds. The molecule has 0 fully saturated rings. The van der Waals surface area contributed by atoms with Gasteiger partial charge in [-0.15, -0.1) is 0 Å². The first-order chi connectivity index (χ1) is 8.11. The predicted octanol–water partition coefficient (Wildman–Crippen LogP) is 2.99. The topological polar surface area (TPSA) is 9.23 Å². The summed E-state index contributed by atoms with van der Waals surface area (Å²) >= 11 is 0. The number of rotatable bonds is 7. The highest BCUT2D eigenvalue weighted by Gasteiger charge is 2.07. The Morgan fingerprint density at radius 1 is 1.12 bits per heavy atom. The van der Waals surface area contributed by atoms with Crippen LogP contribution >= 0.6 is 0 Å². The molecule has 0 saturated heterocycles. The van der Waals surface area contributed by atoms with E-state index in [-0.39, 0.29) is 6.00 Å². The van der Waals surface area contributed by atoms with Crippen LogP contribution < -0.4 is 5.46 Å². The van der Waals surface area contributed by atoms with Gasteiger partial charge in [0.1, 0.15) is 0 Å². The molecule has 1 unspecified atom stereocenters. The monoisotopic (exact) mass is 231 g/mol. The molecule has 0 aliphatic carbocycles. The minimum atomic E-state index is 0.189. The summed E-state index contributed by atoms with van der Waals surface area (Å²) in [6.07, 6.45) is 2.37. The van der Waals surface area contributed by atoms with Gasteiger partial charge in [-0.1, -0.05) is 56.9 Å². The van der Waals surface area contributed by atoms with E-state index in [0.29, 0.717) is 5.92 Å². The van der Waals surface area contributed by atoms with Crippen LogP contribution in [-0.4, -0.2) is 19.9 Å². The van der Waals surface area contributed by atoms with Crippen molar-refractivity contribution in [3.8, 4) is 0 Å². The lowest BCUT2D eigenvalue weighted by Crippen LogP contribution is -2.29. The number of hydrogen-bond acceptors (Lipinski definition) is 1. The van der Waals surface area contributed by atoms with Crippen LogP contribution in [0.3, 0.4) is 0 Å². The van der Waals surface area contributed by atoms with Crippen LogP contribution in [0, 0.1) is 5.92 Å². The van der Waals surface area contributed by atoms with Crippen molar-refractivity contribution in [3.63, 3.8) is 0 Å². The Morgan fingerprint density at radius 3 is 2.29 bits per heavy atom. The highest BCUT2D eigenvalue weighted by molar-refractivity contribution is 6.54. The normalized spacial score (nSPS) is 12.8. The Balaban J connectivity index is 2.40. The first-order valence-electron chi connectivity index (χ1n) is 6.67. The summed E-state index contributed by atoms with van der Waals surface area (Å²) in [6.45, 7) is 9.48. The fraction of sp³-hybridized carbons (Fsp3) is 0.600. The Hall–Kier alpha value is -0.755. The zero-order chi connectivity index (χ0) is 12.7. The summed E-state index contributed by atoms with van der Waals surface area (Å²) in [5.74, 6) is 0.595. The maximum Gasteiger partial charge on any atom is 0.189 e. The van der Waals surface area contributed by atoms with E-state index in [1.165, 1.54) is 23.9 Å². The third-order valence-electron chi connectivity index (χ3n) is 2.64. The molecule has 1 atom stereocenters. The molecule has 17 heavy (non-hydrogen) atoms. The van der Waals surface area contributed by atoms with E-state index in [1.54, 1.807) is 0 Å². The SMILES string of the molecule is CCCc1ccc([B]C(C)OCC(C)C)cc1. The second-order valence-corrected chi connectivity index (χ2v) is 5.09. The first-order valence-corrected chi connectivity index (χ1v) is 6.67. The minimum absolute atomic E-state index is 0.189. The van der Waals surface area contributed by atoms with E-state index < -0.39 is 0 Å². The molecule has 1 rings (SSSR count). The third-order valence-corrected chi connectivity index (χ3v) is 2.64. The van der Waals surface area contributed by atoms with Crippen molar-refractivity contribution in [2.24, 2.45) is 5.92 Å². The number of ether oxygens (including phenoxy) is 1. The minimum Gasteiger partial charge on any atom is -0.387 e. The van der Waals surface area contributed by atoms with Gasteiger partial charge in [0.05, 0.1) is 0 Å². The van der Waals surface area contributed by atoms with Crippen LogP contribution in [0.1, 0.15) is 39.7 Å². The fourth-order valence-electron chi connectivity index (χ4n) is 1.75. The van der Waals surface area contributed by atoms with E-state index >= 15 is 0 Å². The van der Waals surface area contributed by atoms with E-state index in [1.807, 2.05) is 0 Å². The lowest BCUT2D eigenvalue weighted by Gasteiger charge is -2.14. The standard InChI is InChI=1S/C15H24BO/c1-5-6-14-7-9-15(10-8-14)16-13(4)17-11-12(2)3/h7-10,12-13H,5-6,11H2,1-4H3. The van der Waals surface area contributed by atoms with Crippen molar-refractivity contribution >= 4 is 12.7 Å². The third kappa shape index (κ3) is 5.93. The number of benzene rings is 1. The van der Waals surface area contributed by atoms with Gasteiger partial charge in [-0.05, 0) is 24.8 Å². The molecular weight excluding hydrogens is 207 g/mol. The highest BCUT2D eigenvalue weighted by atomic mass is 16.5. The average molecular weight is 231 g/mol. The van der Waals surface area contributed by atoms with Crippen LogP contribution in [0.4, 0.5) is 0 Å². The Bertz CT molecular complexity index is 305. The van der Waals surface area contributed by atoms with Gasteiger partial charge in [-0.3, -0.25) is 0 Å². The first kappa shape index (κ1) is 14.3. The Morgan fingerprint density at radius 2 is 1.76 bits per heavy atom. The molecule has 0 saturated carbocycles. The smallest absolute Gasteiger partial charge is 0.189 e. The fourth-order valence-corrected chi connectivity index (χ4v) is 1.75. The molecule has 2 heteroatoms. The van der Waals surface area contributed by atoms with E-state index in [0.717, 1.165) is 6.61 Å². The maximum absolute atomic E-state index is 5.73. The average Bonchev–Trinajstić information content (AvgIpc) is 2.29. The lowest BCUT2D eigenvalue weighted by molar-refractivity contribution is 0.0940. The zero-order valence-electron chi connectivity index (χ0n) is 11.6. The molecule has 0 aliphatic rings. The van der Waals surface area contributed by atoms with Crippen LogP contribution in [0.5, 0.6) is 0 Å². The quantitative estimate of drug-likeness (QED) is 0.655. The number of aryl methyl sites for hydroxylation is 1. The van der Waals surface area contributed by atoms with Gasteiger partial charge in [0.2, 0.25) is 0 Å². The van der Waals surface area contributed by atoms with Crippen LogP contribution in [-0.2, 0) is 11.2 Å². The van der Waals surface area contributed by atoms with Crippen molar-refractivity contribution in [3.05, 3.63) is 29.8 Å². The van der Waals surface area contributed by atoms with Crippen molar-refractivity contribution in [2.75, 3.05) is 6.61 Å². The summed E-state index contributed by atoms with van der Waals surface area (Å²) in [6, 6.07) is 8.98. The van der Waals surface area contributed by atoms with E-state index in [4.69, 9.17) is 4.74 Å². The molecule has 93 valence electrons. The van der Waals surface area contributed by atoms with Gasteiger partial charge in [0.25, 0.3) is 0 Å². The molecular formula is C15H24BO. The lowest BCUT2D eigenvalue weighted by atomic mass is 9.65. The number of hydrogen-bond donors (Lipinski definition) is 0. The zero-order valence-corrected chi connectivity index (χ0v) is 11.6. The van der Waals surface area contributed by atoms with Crippen molar-refractivity contribution < 1.29 is 4.74 Å². The maximum atomic E-state index is 5.73. The molecule has 1 aromatic rings. The molecule has 0 aliphatic heterocycles. The van der Waals surface area contributed by atoms with Gasteiger partial charge in [-0.25, -0.2) is 0 Å². The molecule has 1 nitrogen and oxygen atoms in total. The predicted molar refractivity (Wildman–Crippen MR) is 76.1 cm³/mol. The van der Waals surface area contributed by atoms with Crippen molar-refractivity contribution in [1.82, 2.24) is 0 Å². The van der Waals surface area contributed by atoms with Crippen LogP contribution in [0.2, 0.25) is 0 Å². The summed E-state index contributed by atoms with van der Waals surface area (Å²) in [5, 5.41) is 0. The Labute approximate surface area is 107 Å². The molecule has 1 radical (unpaired) electrons.